The quantitative estimate of drug-likeness (QED) is 0.753. The molecular formula is C13H19N3O3. The first-order valence-corrected chi connectivity index (χ1v) is 6.34. The van der Waals surface area contributed by atoms with Crippen LogP contribution in [0.1, 0.15) is 29.8 Å². The lowest BCUT2D eigenvalue weighted by Crippen LogP contribution is -2.18. The van der Waals surface area contributed by atoms with Gasteiger partial charge in [0.1, 0.15) is 5.82 Å². The van der Waals surface area contributed by atoms with Crippen LogP contribution in [0.15, 0.2) is 12.1 Å². The van der Waals surface area contributed by atoms with Crippen LogP contribution in [0.5, 0.6) is 0 Å². The summed E-state index contributed by atoms with van der Waals surface area (Å²) < 4.78 is 9.69. The fourth-order valence-electron chi connectivity index (χ4n) is 1.93. The van der Waals surface area contributed by atoms with E-state index in [2.05, 4.69) is 20.3 Å². The molecule has 1 aromatic heterocycles. The highest BCUT2D eigenvalue weighted by molar-refractivity contribution is 5.86. The maximum Gasteiger partial charge on any atom is 0.358 e. The molecule has 0 bridgehead atoms. The summed E-state index contributed by atoms with van der Waals surface area (Å²) in [6.07, 6.45) is 3.50. The summed E-state index contributed by atoms with van der Waals surface area (Å²) in [6.45, 7) is 1.65. The van der Waals surface area contributed by atoms with E-state index in [1.807, 2.05) is 0 Å². The highest BCUT2D eigenvalue weighted by Gasteiger charge is 2.41. The molecule has 0 unspecified atom stereocenters. The van der Waals surface area contributed by atoms with Crippen molar-refractivity contribution in [2.75, 3.05) is 32.7 Å². The molecule has 0 amide bonds. The number of hydrogen-bond acceptors (Lipinski definition) is 6. The lowest BCUT2D eigenvalue weighted by Gasteiger charge is -2.15. The van der Waals surface area contributed by atoms with Crippen LogP contribution in [-0.2, 0) is 9.47 Å². The molecule has 1 aromatic rings. The molecule has 1 fully saturated rings. The van der Waals surface area contributed by atoms with E-state index >= 15 is 0 Å². The van der Waals surface area contributed by atoms with Crippen LogP contribution >= 0.6 is 0 Å². The minimum atomic E-state index is -0.474. The van der Waals surface area contributed by atoms with Crippen LogP contribution in [0.4, 0.5) is 5.82 Å². The number of carbonyl (C=O) groups is 1. The van der Waals surface area contributed by atoms with E-state index in [-0.39, 0.29) is 5.69 Å². The molecule has 1 aliphatic carbocycles. The molecule has 0 aromatic carbocycles. The molecule has 1 saturated carbocycles. The van der Waals surface area contributed by atoms with Crippen molar-refractivity contribution in [2.45, 2.75) is 19.3 Å². The minimum absolute atomic E-state index is 0.216. The van der Waals surface area contributed by atoms with Crippen molar-refractivity contribution < 1.29 is 14.3 Å². The third kappa shape index (κ3) is 3.64. The van der Waals surface area contributed by atoms with Gasteiger partial charge in [-0.05, 0) is 36.8 Å². The van der Waals surface area contributed by atoms with Gasteiger partial charge in [0.25, 0.3) is 0 Å². The molecule has 2 rings (SSSR count). The molecule has 19 heavy (non-hydrogen) atoms. The summed E-state index contributed by atoms with van der Waals surface area (Å²) >= 11 is 0. The van der Waals surface area contributed by atoms with Crippen LogP contribution < -0.4 is 5.32 Å². The second-order valence-electron chi connectivity index (χ2n) is 4.89. The number of rotatable bonds is 7. The predicted molar refractivity (Wildman–Crippen MR) is 70.0 cm³/mol. The zero-order valence-electron chi connectivity index (χ0n) is 11.3. The first kappa shape index (κ1) is 13.7. The molecule has 0 aliphatic heterocycles. The largest absolute Gasteiger partial charge is 0.464 e. The predicted octanol–water partition coefficient (Wildman–Crippen LogP) is 1.49. The van der Waals surface area contributed by atoms with Crippen LogP contribution in [0.25, 0.3) is 0 Å². The standard InChI is InChI=1S/C13H19N3O3/c1-18-8-7-13(5-6-13)9-14-11-4-3-10(15-16-11)12(17)19-2/h3-4H,5-9H2,1-2H3,(H,14,16). The van der Waals surface area contributed by atoms with Gasteiger partial charge in [-0.3, -0.25) is 0 Å². The highest BCUT2D eigenvalue weighted by atomic mass is 16.5. The lowest BCUT2D eigenvalue weighted by molar-refractivity contribution is 0.0592. The van der Waals surface area contributed by atoms with Gasteiger partial charge in [-0.2, -0.15) is 0 Å². The molecule has 6 heteroatoms. The van der Waals surface area contributed by atoms with E-state index in [1.54, 1.807) is 19.2 Å². The molecule has 1 heterocycles. The first-order chi connectivity index (χ1) is 9.19. The zero-order valence-corrected chi connectivity index (χ0v) is 11.3. The van der Waals surface area contributed by atoms with Gasteiger partial charge < -0.3 is 14.8 Å². The second-order valence-corrected chi connectivity index (χ2v) is 4.89. The summed E-state index contributed by atoms with van der Waals surface area (Å²) in [6, 6.07) is 3.35. The number of esters is 1. The summed E-state index contributed by atoms with van der Waals surface area (Å²) in [5.74, 6) is 0.203. The van der Waals surface area contributed by atoms with E-state index in [0.717, 1.165) is 19.6 Å². The fraction of sp³-hybridized carbons (Fsp3) is 0.615. The summed E-state index contributed by atoms with van der Waals surface area (Å²) in [7, 11) is 3.04. The topological polar surface area (TPSA) is 73.3 Å². The number of methoxy groups -OCH3 is 2. The zero-order chi connectivity index (χ0) is 13.7. The van der Waals surface area contributed by atoms with Crippen molar-refractivity contribution >= 4 is 11.8 Å². The number of aromatic nitrogens is 2. The smallest absolute Gasteiger partial charge is 0.358 e. The number of carbonyl (C=O) groups excluding carboxylic acids is 1. The average Bonchev–Trinajstić information content (AvgIpc) is 3.23. The number of nitrogens with zero attached hydrogens (tertiary/aromatic N) is 2. The lowest BCUT2D eigenvalue weighted by atomic mass is 10.0. The summed E-state index contributed by atoms with van der Waals surface area (Å²) in [5, 5.41) is 11.0. The molecule has 0 atom stereocenters. The number of nitrogens with one attached hydrogen (secondary N) is 1. The molecule has 104 valence electrons. The fourth-order valence-corrected chi connectivity index (χ4v) is 1.93. The molecule has 0 spiro atoms. The van der Waals surface area contributed by atoms with Crippen molar-refractivity contribution in [2.24, 2.45) is 5.41 Å². The molecule has 1 aliphatic rings. The van der Waals surface area contributed by atoms with Crippen LogP contribution in [0.2, 0.25) is 0 Å². The Balaban J connectivity index is 1.85. The Morgan fingerprint density at radius 2 is 2.16 bits per heavy atom. The Morgan fingerprint density at radius 1 is 1.37 bits per heavy atom. The van der Waals surface area contributed by atoms with E-state index in [0.29, 0.717) is 11.2 Å². The Kier molecular flexibility index (Phi) is 4.31. The van der Waals surface area contributed by atoms with Crippen molar-refractivity contribution in [1.29, 1.82) is 0 Å². The molecule has 0 radical (unpaired) electrons. The van der Waals surface area contributed by atoms with Crippen LogP contribution in [0.3, 0.4) is 0 Å². The number of ether oxygens (including phenoxy) is 2. The van der Waals surface area contributed by atoms with Gasteiger partial charge in [0.05, 0.1) is 7.11 Å². The molecule has 1 N–H and O–H groups in total. The van der Waals surface area contributed by atoms with Gasteiger partial charge in [-0.25, -0.2) is 4.79 Å². The molecular weight excluding hydrogens is 246 g/mol. The molecule has 6 nitrogen and oxygen atoms in total. The van der Waals surface area contributed by atoms with E-state index in [9.17, 15) is 4.79 Å². The van der Waals surface area contributed by atoms with Gasteiger partial charge in [0, 0.05) is 20.3 Å². The van der Waals surface area contributed by atoms with Crippen molar-refractivity contribution in [3.05, 3.63) is 17.8 Å². The van der Waals surface area contributed by atoms with Crippen molar-refractivity contribution in [3.8, 4) is 0 Å². The van der Waals surface area contributed by atoms with Gasteiger partial charge in [0.2, 0.25) is 0 Å². The number of anilines is 1. The first-order valence-electron chi connectivity index (χ1n) is 6.34. The summed E-state index contributed by atoms with van der Waals surface area (Å²) in [5.41, 5.74) is 0.562. The third-order valence-corrected chi connectivity index (χ3v) is 3.50. The highest BCUT2D eigenvalue weighted by Crippen LogP contribution is 2.48. The average molecular weight is 265 g/mol. The Morgan fingerprint density at radius 3 is 2.68 bits per heavy atom. The summed E-state index contributed by atoms with van der Waals surface area (Å²) in [4.78, 5) is 11.2. The van der Waals surface area contributed by atoms with E-state index < -0.39 is 5.97 Å². The van der Waals surface area contributed by atoms with Gasteiger partial charge in [-0.1, -0.05) is 0 Å². The van der Waals surface area contributed by atoms with E-state index in [1.165, 1.54) is 20.0 Å². The van der Waals surface area contributed by atoms with Crippen molar-refractivity contribution in [1.82, 2.24) is 10.2 Å². The monoisotopic (exact) mass is 265 g/mol. The van der Waals surface area contributed by atoms with Gasteiger partial charge in [-0.15, -0.1) is 10.2 Å². The maximum atomic E-state index is 11.2. The Bertz CT molecular complexity index is 429. The Labute approximate surface area is 112 Å². The Hall–Kier alpha value is -1.69. The number of hydrogen-bond donors (Lipinski definition) is 1. The second kappa shape index (κ2) is 5.97. The minimum Gasteiger partial charge on any atom is -0.464 e. The maximum absolute atomic E-state index is 11.2. The SMILES string of the molecule is COCCC1(CNc2ccc(C(=O)OC)nn2)CC1. The van der Waals surface area contributed by atoms with Gasteiger partial charge >= 0.3 is 5.97 Å². The van der Waals surface area contributed by atoms with Crippen LogP contribution in [-0.4, -0.2) is 43.5 Å². The normalized spacial score (nSPS) is 15.9. The van der Waals surface area contributed by atoms with Crippen molar-refractivity contribution in [3.63, 3.8) is 0 Å². The van der Waals surface area contributed by atoms with E-state index in [4.69, 9.17) is 4.74 Å². The third-order valence-electron chi connectivity index (χ3n) is 3.50. The van der Waals surface area contributed by atoms with Gasteiger partial charge in [0.15, 0.2) is 5.69 Å². The molecule has 0 saturated heterocycles. The van der Waals surface area contributed by atoms with Crippen LogP contribution in [0, 0.1) is 5.41 Å².